The van der Waals surface area contributed by atoms with Crippen molar-refractivity contribution in [3.05, 3.63) is 30.5 Å². The third-order valence-electron chi connectivity index (χ3n) is 5.10. The Morgan fingerprint density at radius 1 is 1.19 bits per heavy atom. The van der Waals surface area contributed by atoms with Crippen LogP contribution in [0.3, 0.4) is 0 Å². The van der Waals surface area contributed by atoms with E-state index >= 15 is 0 Å². The van der Waals surface area contributed by atoms with Crippen LogP contribution in [0.15, 0.2) is 30.5 Å². The SMILES string of the molecule is CCC1CCC(N(C)c2ccc(N)c3cccnc23)CC1. The molecule has 3 nitrogen and oxygen atoms in total. The summed E-state index contributed by atoms with van der Waals surface area (Å²) >= 11 is 0. The van der Waals surface area contributed by atoms with Crippen LogP contribution in [0, 0.1) is 5.92 Å². The molecule has 2 aromatic rings. The molecule has 0 aliphatic heterocycles. The summed E-state index contributed by atoms with van der Waals surface area (Å²) in [4.78, 5) is 6.98. The molecule has 1 aromatic carbocycles. The normalized spacial score (nSPS) is 22.4. The average Bonchev–Trinajstić information content (AvgIpc) is 2.55. The van der Waals surface area contributed by atoms with Crippen molar-refractivity contribution in [1.29, 1.82) is 0 Å². The molecule has 0 atom stereocenters. The molecule has 0 unspecified atom stereocenters. The van der Waals surface area contributed by atoms with Crippen LogP contribution in [0.2, 0.25) is 0 Å². The first-order chi connectivity index (χ1) is 10.2. The van der Waals surface area contributed by atoms with Gasteiger partial charge in [-0.2, -0.15) is 0 Å². The summed E-state index contributed by atoms with van der Waals surface area (Å²) in [6.07, 6.45) is 8.45. The molecular formula is C18H25N3. The highest BCUT2D eigenvalue weighted by molar-refractivity contribution is 5.98. The van der Waals surface area contributed by atoms with E-state index in [4.69, 9.17) is 5.73 Å². The Bertz CT molecular complexity index is 615. The number of nitrogens with zero attached hydrogens (tertiary/aromatic N) is 2. The number of aromatic nitrogens is 1. The van der Waals surface area contributed by atoms with Crippen molar-refractivity contribution in [3.8, 4) is 0 Å². The molecule has 0 bridgehead atoms. The van der Waals surface area contributed by atoms with Gasteiger partial charge in [-0.05, 0) is 55.9 Å². The van der Waals surface area contributed by atoms with E-state index in [1.165, 1.54) is 37.8 Å². The van der Waals surface area contributed by atoms with Gasteiger partial charge in [0.05, 0.1) is 11.2 Å². The van der Waals surface area contributed by atoms with E-state index in [9.17, 15) is 0 Å². The van der Waals surface area contributed by atoms with Crippen molar-refractivity contribution in [2.24, 2.45) is 5.92 Å². The molecular weight excluding hydrogens is 258 g/mol. The number of anilines is 2. The summed E-state index contributed by atoms with van der Waals surface area (Å²) in [6, 6.07) is 8.77. The zero-order chi connectivity index (χ0) is 14.8. The molecule has 0 spiro atoms. The first kappa shape index (κ1) is 14.2. The van der Waals surface area contributed by atoms with Crippen LogP contribution in [-0.4, -0.2) is 18.1 Å². The van der Waals surface area contributed by atoms with Crippen LogP contribution < -0.4 is 10.6 Å². The van der Waals surface area contributed by atoms with Gasteiger partial charge in [0, 0.05) is 30.4 Å². The van der Waals surface area contributed by atoms with Crippen LogP contribution in [-0.2, 0) is 0 Å². The highest BCUT2D eigenvalue weighted by atomic mass is 15.1. The van der Waals surface area contributed by atoms with Crippen LogP contribution in [0.4, 0.5) is 11.4 Å². The molecule has 1 aliphatic rings. The first-order valence-electron chi connectivity index (χ1n) is 8.06. The van der Waals surface area contributed by atoms with Gasteiger partial charge in [-0.3, -0.25) is 4.98 Å². The standard InChI is InChI=1S/C18H25N3/c1-3-13-6-8-14(9-7-13)21(2)17-11-10-16(19)15-5-4-12-20-18(15)17/h4-5,10-14H,3,6-9,19H2,1-2H3. The molecule has 1 aromatic heterocycles. The lowest BCUT2D eigenvalue weighted by Gasteiger charge is -2.36. The van der Waals surface area contributed by atoms with Crippen molar-refractivity contribution in [3.63, 3.8) is 0 Å². The maximum Gasteiger partial charge on any atom is 0.0955 e. The monoisotopic (exact) mass is 283 g/mol. The van der Waals surface area contributed by atoms with Gasteiger partial charge in [0.1, 0.15) is 0 Å². The Morgan fingerprint density at radius 3 is 2.67 bits per heavy atom. The molecule has 1 saturated carbocycles. The molecule has 0 radical (unpaired) electrons. The fraction of sp³-hybridized carbons (Fsp3) is 0.500. The Morgan fingerprint density at radius 2 is 1.95 bits per heavy atom. The van der Waals surface area contributed by atoms with Crippen LogP contribution in [0.1, 0.15) is 39.0 Å². The van der Waals surface area contributed by atoms with Gasteiger partial charge in [0.2, 0.25) is 0 Å². The molecule has 3 rings (SSSR count). The third-order valence-corrected chi connectivity index (χ3v) is 5.10. The largest absolute Gasteiger partial charge is 0.398 e. The lowest BCUT2D eigenvalue weighted by Crippen LogP contribution is -2.35. The lowest BCUT2D eigenvalue weighted by molar-refractivity contribution is 0.313. The van der Waals surface area contributed by atoms with E-state index < -0.39 is 0 Å². The van der Waals surface area contributed by atoms with Gasteiger partial charge in [-0.15, -0.1) is 0 Å². The second-order valence-corrected chi connectivity index (χ2v) is 6.27. The molecule has 21 heavy (non-hydrogen) atoms. The molecule has 1 fully saturated rings. The maximum atomic E-state index is 6.08. The van der Waals surface area contributed by atoms with Crippen LogP contribution in [0.5, 0.6) is 0 Å². The summed E-state index contributed by atoms with van der Waals surface area (Å²) in [7, 11) is 2.20. The summed E-state index contributed by atoms with van der Waals surface area (Å²) in [5, 5.41) is 1.06. The quantitative estimate of drug-likeness (QED) is 0.857. The molecule has 0 amide bonds. The van der Waals surface area contributed by atoms with Crippen molar-refractivity contribution in [2.45, 2.75) is 45.1 Å². The van der Waals surface area contributed by atoms with Crippen molar-refractivity contribution >= 4 is 22.3 Å². The topological polar surface area (TPSA) is 42.1 Å². The number of hydrogen-bond donors (Lipinski definition) is 1. The Hall–Kier alpha value is -1.77. The zero-order valence-electron chi connectivity index (χ0n) is 13.0. The Kier molecular flexibility index (Phi) is 4.00. The number of fused-ring (bicyclic) bond motifs is 1. The number of nitrogens with two attached hydrogens (primary N) is 1. The lowest BCUT2D eigenvalue weighted by atomic mass is 9.84. The number of rotatable bonds is 3. The van der Waals surface area contributed by atoms with Crippen molar-refractivity contribution in [2.75, 3.05) is 17.7 Å². The van der Waals surface area contributed by atoms with E-state index in [0.717, 1.165) is 22.5 Å². The molecule has 2 N–H and O–H groups in total. The van der Waals surface area contributed by atoms with Gasteiger partial charge in [-0.1, -0.05) is 13.3 Å². The number of benzene rings is 1. The van der Waals surface area contributed by atoms with Crippen LogP contribution >= 0.6 is 0 Å². The van der Waals surface area contributed by atoms with E-state index in [2.05, 4.69) is 36.0 Å². The smallest absolute Gasteiger partial charge is 0.0955 e. The number of hydrogen-bond acceptors (Lipinski definition) is 3. The summed E-state index contributed by atoms with van der Waals surface area (Å²) in [5.74, 6) is 0.927. The predicted molar refractivity (Wildman–Crippen MR) is 90.6 cm³/mol. The van der Waals surface area contributed by atoms with Gasteiger partial charge in [0.25, 0.3) is 0 Å². The molecule has 1 heterocycles. The molecule has 1 aliphatic carbocycles. The van der Waals surface area contributed by atoms with E-state index in [1.54, 1.807) is 0 Å². The summed E-state index contributed by atoms with van der Waals surface area (Å²) in [6.45, 7) is 2.31. The number of pyridine rings is 1. The minimum Gasteiger partial charge on any atom is -0.398 e. The third kappa shape index (κ3) is 2.69. The minimum atomic E-state index is 0.627. The van der Waals surface area contributed by atoms with E-state index in [1.807, 2.05) is 18.3 Å². The highest BCUT2D eigenvalue weighted by Gasteiger charge is 2.24. The van der Waals surface area contributed by atoms with Gasteiger partial charge in [-0.25, -0.2) is 0 Å². The highest BCUT2D eigenvalue weighted by Crippen LogP contribution is 2.34. The van der Waals surface area contributed by atoms with Crippen molar-refractivity contribution in [1.82, 2.24) is 4.98 Å². The zero-order valence-corrected chi connectivity index (χ0v) is 13.0. The Balaban J connectivity index is 1.88. The second-order valence-electron chi connectivity index (χ2n) is 6.27. The fourth-order valence-corrected chi connectivity index (χ4v) is 3.60. The first-order valence-corrected chi connectivity index (χ1v) is 8.06. The van der Waals surface area contributed by atoms with E-state index in [-0.39, 0.29) is 0 Å². The summed E-state index contributed by atoms with van der Waals surface area (Å²) in [5.41, 5.74) is 9.13. The van der Waals surface area contributed by atoms with Crippen LogP contribution in [0.25, 0.3) is 10.9 Å². The van der Waals surface area contributed by atoms with Crippen molar-refractivity contribution < 1.29 is 0 Å². The Labute approximate surface area is 127 Å². The minimum absolute atomic E-state index is 0.627. The molecule has 3 heteroatoms. The van der Waals surface area contributed by atoms with Gasteiger partial charge < -0.3 is 10.6 Å². The van der Waals surface area contributed by atoms with E-state index in [0.29, 0.717) is 6.04 Å². The number of nitrogen functional groups attached to an aromatic ring is 1. The average molecular weight is 283 g/mol. The maximum absolute atomic E-state index is 6.08. The van der Waals surface area contributed by atoms with Gasteiger partial charge in [0.15, 0.2) is 0 Å². The second kappa shape index (κ2) is 5.92. The molecule has 0 saturated heterocycles. The van der Waals surface area contributed by atoms with Gasteiger partial charge >= 0.3 is 0 Å². The summed E-state index contributed by atoms with van der Waals surface area (Å²) < 4.78 is 0. The predicted octanol–water partition coefficient (Wildman–Crippen LogP) is 4.22. The fourth-order valence-electron chi connectivity index (χ4n) is 3.60. The molecule has 112 valence electrons.